The van der Waals surface area contributed by atoms with Gasteiger partial charge in [-0.2, -0.15) is 9.29 Å². The van der Waals surface area contributed by atoms with Crippen molar-refractivity contribution in [2.24, 2.45) is 5.92 Å². The van der Waals surface area contributed by atoms with E-state index in [1.807, 2.05) is 30.5 Å². The van der Waals surface area contributed by atoms with Crippen molar-refractivity contribution in [3.05, 3.63) is 41.9 Å². The maximum atomic E-state index is 13.3. The van der Waals surface area contributed by atoms with Gasteiger partial charge in [-0.1, -0.05) is 11.2 Å². The Balaban J connectivity index is 1.41. The molecule has 3 N–H and O–H groups in total. The van der Waals surface area contributed by atoms with Crippen LogP contribution in [0.5, 0.6) is 5.75 Å². The molecule has 236 valence electrons. The third kappa shape index (κ3) is 7.86. The van der Waals surface area contributed by atoms with Crippen molar-refractivity contribution in [1.82, 2.24) is 29.6 Å². The number of carbonyl (C=O) groups excluding carboxylic acids is 2. The minimum Gasteiger partial charge on any atom is -0.494 e. The third-order valence-corrected chi connectivity index (χ3v) is 8.96. The van der Waals surface area contributed by atoms with Gasteiger partial charge < -0.3 is 25.2 Å². The maximum absolute atomic E-state index is 13.3. The predicted octanol–water partition coefficient (Wildman–Crippen LogP) is -0.889. The van der Waals surface area contributed by atoms with Crippen molar-refractivity contribution >= 4 is 62.6 Å². The van der Waals surface area contributed by atoms with E-state index in [9.17, 15) is 18.0 Å². The number of nitrogens with zero attached hydrogens (tertiary/aromatic N) is 5. The Bertz CT molecular complexity index is 1690. The van der Waals surface area contributed by atoms with Crippen LogP contribution in [-0.2, 0) is 14.8 Å². The van der Waals surface area contributed by atoms with Crippen LogP contribution in [0.15, 0.2) is 35.0 Å². The van der Waals surface area contributed by atoms with Gasteiger partial charge in [0.05, 0.1) is 41.9 Å². The Labute approximate surface area is 265 Å². The van der Waals surface area contributed by atoms with E-state index in [4.69, 9.17) is 9.26 Å². The highest BCUT2D eigenvalue weighted by Gasteiger charge is 2.31. The number of para-hydroxylation sites is 1. The molecule has 0 radical (unpaired) electrons. The SMILES string of the molecule is BC(B)(B)NC(=O)c1cnc(NC(=O)C2CC2)cc1Nc1cccc(-c2nc(C(C)N3CCN(S(C)(=O)=O)CC3)no2)c1OC. The van der Waals surface area contributed by atoms with E-state index < -0.39 is 15.3 Å². The largest absolute Gasteiger partial charge is 0.494 e. The summed E-state index contributed by atoms with van der Waals surface area (Å²) in [7, 11) is 3.94. The second-order valence-electron chi connectivity index (χ2n) is 12.4. The molecule has 1 aliphatic carbocycles. The van der Waals surface area contributed by atoms with Crippen LogP contribution in [0.4, 0.5) is 17.2 Å². The molecule has 1 saturated heterocycles. The summed E-state index contributed by atoms with van der Waals surface area (Å²) >= 11 is 0. The summed E-state index contributed by atoms with van der Waals surface area (Å²) in [5.74, 6) is 0.992. The minimum atomic E-state index is -3.24. The van der Waals surface area contributed by atoms with Gasteiger partial charge in [0.1, 0.15) is 29.4 Å². The second kappa shape index (κ2) is 12.8. The van der Waals surface area contributed by atoms with Gasteiger partial charge in [0.15, 0.2) is 11.6 Å². The van der Waals surface area contributed by atoms with Crippen molar-refractivity contribution in [2.75, 3.05) is 50.2 Å². The lowest BCUT2D eigenvalue weighted by molar-refractivity contribution is -0.117. The van der Waals surface area contributed by atoms with Gasteiger partial charge in [0.25, 0.3) is 11.8 Å². The van der Waals surface area contributed by atoms with Crippen LogP contribution >= 0.6 is 0 Å². The number of piperazine rings is 1. The molecular formula is C27H37B3N8O6S. The van der Waals surface area contributed by atoms with E-state index in [0.29, 0.717) is 60.5 Å². The topological polar surface area (TPSA) is 172 Å². The summed E-state index contributed by atoms with van der Waals surface area (Å²) in [6.07, 6.45) is 4.35. The number of nitrogens with one attached hydrogen (secondary N) is 3. The van der Waals surface area contributed by atoms with Gasteiger partial charge in [-0.05, 0) is 37.1 Å². The number of pyridine rings is 1. The van der Waals surface area contributed by atoms with E-state index in [1.165, 1.54) is 23.9 Å². The number of benzene rings is 1. The lowest BCUT2D eigenvalue weighted by Crippen LogP contribution is -2.50. The molecule has 18 heteroatoms. The van der Waals surface area contributed by atoms with Crippen molar-refractivity contribution < 1.29 is 27.3 Å². The average molecular weight is 634 g/mol. The lowest BCUT2D eigenvalue weighted by Gasteiger charge is -2.35. The van der Waals surface area contributed by atoms with Crippen molar-refractivity contribution in [3.63, 3.8) is 0 Å². The van der Waals surface area contributed by atoms with Crippen LogP contribution in [0.25, 0.3) is 11.5 Å². The maximum Gasteiger partial charge on any atom is 0.261 e. The molecule has 1 unspecified atom stereocenters. The number of aromatic nitrogens is 3. The van der Waals surface area contributed by atoms with E-state index in [-0.39, 0.29) is 35.2 Å². The Morgan fingerprint density at radius 1 is 1.13 bits per heavy atom. The molecule has 3 heterocycles. The molecule has 2 aromatic heterocycles. The lowest BCUT2D eigenvalue weighted by atomic mass is 9.49. The highest BCUT2D eigenvalue weighted by Crippen LogP contribution is 2.39. The number of amides is 2. The summed E-state index contributed by atoms with van der Waals surface area (Å²) in [6, 6.07) is 6.79. The first-order valence-electron chi connectivity index (χ1n) is 14.8. The normalized spacial score (nSPS) is 17.0. The first kappa shape index (κ1) is 32.5. The number of anilines is 3. The molecule has 45 heavy (non-hydrogen) atoms. The first-order valence-corrected chi connectivity index (χ1v) is 16.7. The summed E-state index contributed by atoms with van der Waals surface area (Å²) < 4.78 is 36.7. The fourth-order valence-corrected chi connectivity index (χ4v) is 5.89. The van der Waals surface area contributed by atoms with Crippen LogP contribution in [0.2, 0.25) is 0 Å². The number of carbonyl (C=O) groups is 2. The molecule has 1 saturated carbocycles. The molecule has 2 amide bonds. The zero-order valence-electron chi connectivity index (χ0n) is 26.4. The molecule has 1 aromatic carbocycles. The summed E-state index contributed by atoms with van der Waals surface area (Å²) in [6.45, 7) is 3.83. The van der Waals surface area contributed by atoms with Crippen molar-refractivity contribution in [1.29, 1.82) is 0 Å². The number of ether oxygens (including phenoxy) is 1. The Hall–Kier alpha value is -3.89. The van der Waals surface area contributed by atoms with Gasteiger partial charge >= 0.3 is 0 Å². The van der Waals surface area contributed by atoms with Crippen molar-refractivity contribution in [3.8, 4) is 17.2 Å². The molecule has 2 aliphatic rings. The molecule has 1 atom stereocenters. The summed E-state index contributed by atoms with van der Waals surface area (Å²) in [4.78, 5) is 36.8. The quantitative estimate of drug-likeness (QED) is 0.224. The van der Waals surface area contributed by atoms with Gasteiger partial charge in [0, 0.05) is 44.4 Å². The van der Waals surface area contributed by atoms with Gasteiger partial charge in [0.2, 0.25) is 15.9 Å². The van der Waals surface area contributed by atoms with Gasteiger partial charge in [-0.3, -0.25) is 14.5 Å². The minimum absolute atomic E-state index is 0.0111. The van der Waals surface area contributed by atoms with Gasteiger partial charge in [-0.15, -0.1) is 0 Å². The Morgan fingerprint density at radius 3 is 2.47 bits per heavy atom. The molecule has 5 rings (SSSR count). The first-order chi connectivity index (χ1) is 21.2. The fourth-order valence-electron chi connectivity index (χ4n) is 5.06. The van der Waals surface area contributed by atoms with Crippen LogP contribution in [-0.4, -0.2) is 113 Å². The zero-order chi connectivity index (χ0) is 32.5. The smallest absolute Gasteiger partial charge is 0.261 e. The number of sulfonamides is 1. The van der Waals surface area contributed by atoms with E-state index in [2.05, 4.69) is 36.0 Å². The number of methoxy groups -OCH3 is 1. The third-order valence-electron chi connectivity index (χ3n) is 7.66. The zero-order valence-corrected chi connectivity index (χ0v) is 27.2. The molecule has 0 spiro atoms. The average Bonchev–Trinajstić information content (AvgIpc) is 3.72. The van der Waals surface area contributed by atoms with E-state index in [0.717, 1.165) is 12.8 Å². The molecule has 1 aliphatic heterocycles. The molecule has 14 nitrogen and oxygen atoms in total. The highest BCUT2D eigenvalue weighted by atomic mass is 32.2. The van der Waals surface area contributed by atoms with Crippen LogP contribution in [0, 0.1) is 5.92 Å². The van der Waals surface area contributed by atoms with Crippen LogP contribution in [0.3, 0.4) is 0 Å². The number of hydrogen-bond donors (Lipinski definition) is 3. The van der Waals surface area contributed by atoms with Gasteiger partial charge in [-0.25, -0.2) is 13.4 Å². The second-order valence-corrected chi connectivity index (χ2v) is 14.4. The standard InChI is InChI=1S/C27H37B3N8O6S/c1-15(37-9-11-38(12-10-37)45(3,41)42)23-34-26(44-36-23)17-5-4-6-19(22(17)43-2)32-20-13-21(33-24(39)16-7-8-16)31-14-18(20)25(40)35-27(28,29)30/h4-6,13-16H,7-12,28-30H2,1-3H3,(H,35,40)(H2,31,32,33,39). The molecule has 2 fully saturated rings. The summed E-state index contributed by atoms with van der Waals surface area (Å²) in [5, 5.41) is 12.8. The Kier molecular flexibility index (Phi) is 9.28. The monoisotopic (exact) mass is 634 g/mol. The van der Waals surface area contributed by atoms with E-state index >= 15 is 0 Å². The fraction of sp³-hybridized carbons (Fsp3) is 0.444. The molecular weight excluding hydrogens is 597 g/mol. The van der Waals surface area contributed by atoms with Crippen LogP contribution in [0.1, 0.15) is 42.0 Å². The predicted molar refractivity (Wildman–Crippen MR) is 177 cm³/mol. The Morgan fingerprint density at radius 2 is 1.84 bits per heavy atom. The molecule has 3 aromatic rings. The summed E-state index contributed by atoms with van der Waals surface area (Å²) in [5.41, 5.74) is 1.76. The number of rotatable bonds is 11. The van der Waals surface area contributed by atoms with Crippen LogP contribution < -0.4 is 20.7 Å². The molecule has 0 bridgehead atoms. The highest BCUT2D eigenvalue weighted by molar-refractivity contribution is 7.88. The van der Waals surface area contributed by atoms with Crippen molar-refractivity contribution in [2.45, 2.75) is 31.0 Å². The number of hydrogen-bond acceptors (Lipinski definition) is 11. The van der Waals surface area contributed by atoms with E-state index in [1.54, 1.807) is 24.3 Å².